The summed E-state index contributed by atoms with van der Waals surface area (Å²) in [5, 5.41) is 0. The number of rotatable bonds is 27. The van der Waals surface area contributed by atoms with Gasteiger partial charge in [0.05, 0.1) is 96.8 Å². The number of carbonyl (C=O) groups is 3. The van der Waals surface area contributed by atoms with E-state index in [-0.39, 0.29) is 165 Å². The van der Waals surface area contributed by atoms with Crippen LogP contribution in [0.15, 0.2) is 19.0 Å². The van der Waals surface area contributed by atoms with E-state index in [0.717, 1.165) is 0 Å². The minimum absolute atomic E-state index is 0.0681. The maximum Gasteiger partial charge on any atom is 0.475 e. The van der Waals surface area contributed by atoms with E-state index in [1.807, 2.05) is 0 Å². The Morgan fingerprint density at radius 2 is 0.733 bits per heavy atom. The van der Waals surface area contributed by atoms with Crippen LogP contribution in [-0.4, -0.2) is 208 Å². The average Bonchev–Trinajstić information content (AvgIpc) is 1.59. The fraction of sp³-hybridized carbons (Fsp3) is 0.700. The molecule has 6 fully saturated rings. The first-order valence-corrected chi connectivity index (χ1v) is 38.2. The molecule has 0 saturated carbocycles. The van der Waals surface area contributed by atoms with Crippen LogP contribution in [0.25, 0.3) is 33.5 Å². The molecule has 6 saturated heterocycles. The van der Waals surface area contributed by atoms with Gasteiger partial charge in [0, 0.05) is 19.3 Å². The molecule has 105 heavy (non-hydrogen) atoms. The van der Waals surface area contributed by atoms with Crippen molar-refractivity contribution in [2.75, 3.05) is 76.7 Å². The third kappa shape index (κ3) is 18.4. The van der Waals surface area contributed by atoms with Gasteiger partial charge in [-0.1, -0.05) is 0 Å². The molecule has 6 N–H and O–H groups in total. The van der Waals surface area contributed by atoms with Gasteiger partial charge in [-0.3, -0.25) is 68.8 Å². The zero-order chi connectivity index (χ0) is 76.1. The maximum absolute atomic E-state index is 16.1. The minimum atomic E-state index is -4.09. The number of nitrogens with zero attached hydrogens (tertiary/aromatic N) is 12. The molecule has 1 unspecified atom stereocenters. The van der Waals surface area contributed by atoms with E-state index in [9.17, 15) is 28.1 Å². The highest BCUT2D eigenvalue weighted by molar-refractivity contribution is 7.49. The first kappa shape index (κ1) is 80.4. The molecule has 6 aliphatic heterocycles. The monoisotopic (exact) mass is 1550 g/mol. The van der Waals surface area contributed by atoms with Gasteiger partial charge in [0.2, 0.25) is 35.5 Å². The number of fused-ring (bicyclic) bond motifs is 6. The zero-order valence-corrected chi connectivity index (χ0v) is 62.3. The van der Waals surface area contributed by atoms with Crippen molar-refractivity contribution in [2.24, 2.45) is 0 Å². The molecule has 0 aliphatic carbocycles. The number of alkyl halides is 3. The quantitative estimate of drug-likeness (QED) is 0.0189. The average molecular weight is 1550 g/mol. The maximum atomic E-state index is 16.1. The van der Waals surface area contributed by atoms with Crippen molar-refractivity contribution >= 4 is 92.7 Å². The fourth-order valence-electron chi connectivity index (χ4n) is 11.8. The third-order valence-electron chi connectivity index (χ3n) is 16.2. The van der Waals surface area contributed by atoms with Crippen molar-refractivity contribution in [1.29, 1.82) is 0 Å². The van der Waals surface area contributed by atoms with Crippen LogP contribution < -0.4 is 31.4 Å². The molecule has 12 rings (SSSR count). The second-order valence-corrected chi connectivity index (χ2v) is 30.6. The number of phosphoric ester groups is 3. The van der Waals surface area contributed by atoms with Gasteiger partial charge >= 0.3 is 41.4 Å². The normalized spacial score (nSPS) is 30.5. The summed E-state index contributed by atoms with van der Waals surface area (Å²) in [6.07, 6.45) is -5.92. The van der Waals surface area contributed by atoms with Crippen molar-refractivity contribution in [2.45, 2.75) is 212 Å². The SMILES string of the molecule is CCOc1nc(N)nc2c1ncn2[C@@H]1O[C@@H]2COP(=O)(OCCCC(=O)OC(C)C)O[C@H]2[C@@]1(C)F.CCOc1nc(N)nc2c1ncn2[C@@H]1O[C@@H]2CO[P@@](=O)(OCCCC(=O)OC(C)C)O[C@H]2[C@@]1(C)F.CCOc1nc(N)nc2c1ncn2[C@@H]1O[C@@H]2CO[P@](=O)(OCCCC(=O)OC(C)C)O[C@H]2[C@@]1(C)F. The molecule has 12 heterocycles. The Hall–Kier alpha value is -7.14. The summed E-state index contributed by atoms with van der Waals surface area (Å²) in [6.45, 7) is 19.6. The number of aromatic nitrogens is 12. The molecule has 6 aliphatic rings. The van der Waals surface area contributed by atoms with Gasteiger partial charge in [-0.25, -0.2) is 41.8 Å². The highest BCUT2D eigenvalue weighted by Crippen LogP contribution is 2.63. The van der Waals surface area contributed by atoms with Crippen LogP contribution in [0.5, 0.6) is 17.6 Å². The number of anilines is 3. The molecule has 0 aromatic carbocycles. The summed E-state index contributed by atoms with van der Waals surface area (Å²) in [4.78, 5) is 72.2. The fourth-order valence-corrected chi connectivity index (χ4v) is 16.3. The van der Waals surface area contributed by atoms with Crippen molar-refractivity contribution in [3.8, 4) is 17.6 Å². The minimum Gasteiger partial charge on any atom is -0.476 e. The van der Waals surface area contributed by atoms with Gasteiger partial charge in [0.1, 0.15) is 36.6 Å². The van der Waals surface area contributed by atoms with E-state index in [2.05, 4.69) is 44.9 Å². The first-order chi connectivity index (χ1) is 49.6. The third-order valence-corrected chi connectivity index (χ3v) is 20.6. The Bertz CT molecular complexity index is 3800. The highest BCUT2D eigenvalue weighted by Gasteiger charge is 2.65. The lowest BCUT2D eigenvalue weighted by molar-refractivity contribution is -0.148. The number of hydrogen-bond donors (Lipinski definition) is 3. The van der Waals surface area contributed by atoms with E-state index >= 15 is 13.2 Å². The lowest BCUT2D eigenvalue weighted by Crippen LogP contribution is -2.44. The second kappa shape index (κ2) is 33.1. The predicted octanol–water partition coefficient (Wildman–Crippen LogP) is 8.11. The topological polar surface area (TPSA) is 477 Å². The van der Waals surface area contributed by atoms with Crippen LogP contribution in [0.4, 0.5) is 31.0 Å². The number of hydrogen-bond acceptors (Lipinski definition) is 36. The summed E-state index contributed by atoms with van der Waals surface area (Å²) < 4.78 is 189. The molecule has 0 spiro atoms. The molecule has 582 valence electrons. The molecule has 39 nitrogen and oxygen atoms in total. The Kier molecular flexibility index (Phi) is 25.4. The van der Waals surface area contributed by atoms with Crippen LogP contribution in [-0.2, 0) is 97.2 Å². The van der Waals surface area contributed by atoms with Crippen molar-refractivity contribution < 1.29 is 125 Å². The zero-order valence-electron chi connectivity index (χ0n) is 59.6. The molecule has 6 aromatic rings. The molecule has 6 aromatic heterocycles. The molecule has 15 atom stereocenters. The number of esters is 3. The standard InChI is InChI=1S/3C20H29FN5O8P/c3*1-5-29-17-14-16(24-19(22)25-17)26(10-23-14)18-20(4,21)15-12(33-18)9-31-35(28,34-15)30-8-6-7-13(27)32-11(2)3/h3*10-12,15,18H,5-9H2,1-4H3,(H2,22,24,25)/t12-,15-,18-,20-,35?;12-,15-,18-,20-,35+;12-,15-,18-,20-,35-/m111/s1. The van der Waals surface area contributed by atoms with E-state index in [1.165, 1.54) is 53.5 Å². The molecular formula is C60H87F3N15O24P3. The van der Waals surface area contributed by atoms with Gasteiger partial charge in [0.25, 0.3) is 0 Å². The molecule has 0 amide bonds. The number of carbonyl (C=O) groups excluding carboxylic acids is 3. The van der Waals surface area contributed by atoms with Crippen LogP contribution in [0.2, 0.25) is 0 Å². The summed E-state index contributed by atoms with van der Waals surface area (Å²) in [6, 6.07) is 0. The van der Waals surface area contributed by atoms with Gasteiger partial charge in [-0.15, -0.1) is 0 Å². The lowest BCUT2D eigenvalue weighted by atomic mass is 9.98. The van der Waals surface area contributed by atoms with Crippen LogP contribution in [0, 0.1) is 0 Å². The Labute approximate surface area is 599 Å². The largest absolute Gasteiger partial charge is 0.476 e. The smallest absolute Gasteiger partial charge is 0.475 e. The molecule has 45 heteroatoms. The van der Waals surface area contributed by atoms with E-state index in [1.54, 1.807) is 62.3 Å². The van der Waals surface area contributed by atoms with Gasteiger partial charge < -0.3 is 59.8 Å². The van der Waals surface area contributed by atoms with Crippen LogP contribution >= 0.6 is 23.5 Å². The Morgan fingerprint density at radius 3 is 0.971 bits per heavy atom. The number of phosphoric acid groups is 3. The van der Waals surface area contributed by atoms with Crippen molar-refractivity contribution in [1.82, 2.24) is 58.6 Å². The van der Waals surface area contributed by atoms with Crippen LogP contribution in [0.3, 0.4) is 0 Å². The number of ether oxygens (including phenoxy) is 9. The summed E-state index contributed by atoms with van der Waals surface area (Å²) >= 11 is 0. The highest BCUT2D eigenvalue weighted by atomic mass is 31.2. The number of nitrogens with two attached hydrogens (primary N) is 3. The van der Waals surface area contributed by atoms with Crippen LogP contribution in [0.1, 0.15) is 140 Å². The van der Waals surface area contributed by atoms with E-state index in [4.69, 9.17) is 101 Å². The molecular weight excluding hydrogens is 1460 g/mol. The van der Waals surface area contributed by atoms with E-state index in [0.29, 0.717) is 19.8 Å². The first-order valence-electron chi connectivity index (χ1n) is 33.8. The Morgan fingerprint density at radius 1 is 0.476 bits per heavy atom. The van der Waals surface area contributed by atoms with Gasteiger partial charge in [-0.05, 0) is 102 Å². The van der Waals surface area contributed by atoms with Crippen molar-refractivity contribution in [3.05, 3.63) is 19.0 Å². The summed E-state index contributed by atoms with van der Waals surface area (Å²) in [7, 11) is -12.3. The summed E-state index contributed by atoms with van der Waals surface area (Å²) in [5.41, 5.74) is 12.4. The number of halogens is 3. The lowest BCUT2D eigenvalue weighted by Gasteiger charge is -2.33. The summed E-state index contributed by atoms with van der Waals surface area (Å²) in [5.74, 6) is -0.936. The van der Waals surface area contributed by atoms with Gasteiger partial charge in [0.15, 0.2) is 69.2 Å². The van der Waals surface area contributed by atoms with E-state index < -0.39 is 114 Å². The molecule has 0 radical (unpaired) electrons. The Balaban J connectivity index is 0.000000169. The van der Waals surface area contributed by atoms with Gasteiger partial charge in [-0.2, -0.15) is 29.9 Å². The second-order valence-electron chi connectivity index (χ2n) is 25.7. The molecule has 0 bridgehead atoms. The number of imidazole rings is 3. The number of nitrogen functional groups attached to an aromatic ring is 3. The van der Waals surface area contributed by atoms with Crippen molar-refractivity contribution in [3.63, 3.8) is 0 Å². The predicted molar refractivity (Wildman–Crippen MR) is 358 cm³/mol.